The fourth-order valence-electron chi connectivity index (χ4n) is 2.83. The summed E-state index contributed by atoms with van der Waals surface area (Å²) in [6.07, 6.45) is -7.85. The Hall–Kier alpha value is -1.96. The number of rotatable bonds is 11. The van der Waals surface area contributed by atoms with E-state index in [2.05, 4.69) is 9.05 Å². The van der Waals surface area contributed by atoms with Gasteiger partial charge in [0.1, 0.15) is 11.5 Å². The van der Waals surface area contributed by atoms with E-state index in [1.807, 2.05) is 0 Å². The standard InChI is InChI=1S/C20H10F17O4P.Na/c21-13(22,10-6-8-12(9-7-10)41-42(38,39)40-11-4-2-1-3-5-11)14(23,24)15(25,26)16(27,28)17(29,30)18(31,32)19(33,34)20(35,36)37;/h1-9H,(H,38,39);/q;+1/p-1. The molecule has 2 aromatic rings. The van der Waals surface area contributed by atoms with Crippen molar-refractivity contribution in [1.82, 2.24) is 0 Å². The third-order valence-corrected chi connectivity index (χ3v) is 5.99. The fourth-order valence-corrected chi connectivity index (χ4v) is 3.63. The largest absolute Gasteiger partial charge is 1.00 e. The van der Waals surface area contributed by atoms with E-state index in [1.54, 1.807) is 0 Å². The van der Waals surface area contributed by atoms with Crippen molar-refractivity contribution in [3.8, 4) is 11.5 Å². The molecule has 2 aromatic carbocycles. The van der Waals surface area contributed by atoms with Crippen molar-refractivity contribution >= 4 is 7.82 Å². The molecule has 0 heterocycles. The molecule has 0 aliphatic rings. The van der Waals surface area contributed by atoms with Crippen LogP contribution in [0.5, 0.6) is 11.5 Å². The second kappa shape index (κ2) is 11.8. The van der Waals surface area contributed by atoms with Crippen LogP contribution >= 0.6 is 7.82 Å². The summed E-state index contributed by atoms with van der Waals surface area (Å²) < 4.78 is 249. The third kappa shape index (κ3) is 6.41. The van der Waals surface area contributed by atoms with Crippen LogP contribution in [0.4, 0.5) is 74.6 Å². The second-order valence-electron chi connectivity index (χ2n) is 7.99. The van der Waals surface area contributed by atoms with E-state index in [0.29, 0.717) is 0 Å². The zero-order valence-electron chi connectivity index (χ0n) is 20.2. The van der Waals surface area contributed by atoms with E-state index in [4.69, 9.17) is 0 Å². The van der Waals surface area contributed by atoms with Gasteiger partial charge in [-0.05, 0) is 36.4 Å². The molecule has 0 aliphatic heterocycles. The molecule has 0 radical (unpaired) electrons. The average molecular weight is 690 g/mol. The Morgan fingerprint density at radius 1 is 0.488 bits per heavy atom. The predicted octanol–water partition coefficient (Wildman–Crippen LogP) is 5.08. The summed E-state index contributed by atoms with van der Waals surface area (Å²) in [6.45, 7) is 0. The number of hydrogen-bond donors (Lipinski definition) is 0. The second-order valence-corrected chi connectivity index (χ2v) is 9.25. The van der Waals surface area contributed by atoms with Gasteiger partial charge in [0.15, 0.2) is 0 Å². The number of phosphoric acid groups is 1. The Morgan fingerprint density at radius 3 is 1.19 bits per heavy atom. The molecule has 4 nitrogen and oxygen atoms in total. The molecule has 0 bridgehead atoms. The molecule has 23 heteroatoms. The molecule has 2 rings (SSSR count). The maximum atomic E-state index is 14.3. The Bertz CT molecular complexity index is 1300. The minimum absolute atomic E-state index is 0. The SMILES string of the molecule is O=P([O-])(Oc1ccccc1)Oc1ccc(C(F)(F)C(F)(F)C(F)(F)C(F)(F)C(F)(F)C(F)(F)C(F)(F)C(F)(F)F)cc1.[Na+]. The van der Waals surface area contributed by atoms with Gasteiger partial charge in [-0.25, -0.2) is 4.57 Å². The Balaban J connectivity index is 0.00000924. The quantitative estimate of drug-likeness (QED) is 0.188. The number of benzene rings is 2. The first-order valence-electron chi connectivity index (χ1n) is 10.1. The van der Waals surface area contributed by atoms with Gasteiger partial charge in [0.05, 0.1) is 0 Å². The van der Waals surface area contributed by atoms with Crippen LogP contribution in [-0.4, -0.2) is 41.7 Å². The van der Waals surface area contributed by atoms with Gasteiger partial charge in [-0.3, -0.25) is 0 Å². The van der Waals surface area contributed by atoms with Crippen LogP contribution in [0.25, 0.3) is 0 Å². The number of para-hydroxylation sites is 1. The maximum absolute atomic E-state index is 14.3. The van der Waals surface area contributed by atoms with Crippen LogP contribution in [-0.2, 0) is 10.5 Å². The van der Waals surface area contributed by atoms with Crippen molar-refractivity contribution in [3.05, 3.63) is 60.2 Å². The van der Waals surface area contributed by atoms with Crippen molar-refractivity contribution in [2.45, 2.75) is 47.6 Å². The smallest absolute Gasteiger partial charge is 0.736 e. The fraction of sp³-hybridized carbons (Fsp3) is 0.400. The molecule has 0 amide bonds. The number of alkyl halides is 17. The van der Waals surface area contributed by atoms with Gasteiger partial charge in [0, 0.05) is 5.56 Å². The van der Waals surface area contributed by atoms with Crippen LogP contribution in [0.2, 0.25) is 0 Å². The molecule has 0 spiro atoms. The van der Waals surface area contributed by atoms with Crippen molar-refractivity contribution < 1.29 is 123 Å². The topological polar surface area (TPSA) is 58.6 Å². The van der Waals surface area contributed by atoms with E-state index in [9.17, 15) is 84.1 Å². The van der Waals surface area contributed by atoms with Gasteiger partial charge in [0.2, 0.25) is 0 Å². The van der Waals surface area contributed by atoms with Gasteiger partial charge in [-0.15, -0.1) is 0 Å². The monoisotopic (exact) mass is 690 g/mol. The summed E-state index contributed by atoms with van der Waals surface area (Å²) in [6, 6.07) is 5.20. The van der Waals surface area contributed by atoms with E-state index < -0.39 is 78.9 Å². The van der Waals surface area contributed by atoms with Gasteiger partial charge in [0.25, 0.3) is 0 Å². The first kappa shape index (κ1) is 39.1. The predicted molar refractivity (Wildman–Crippen MR) is 101 cm³/mol. The summed E-state index contributed by atoms with van der Waals surface area (Å²) in [5.74, 6) is -59.0. The first-order valence-corrected chi connectivity index (χ1v) is 11.5. The van der Waals surface area contributed by atoms with E-state index in [0.717, 1.165) is 12.1 Å². The molecule has 1 unspecified atom stereocenters. The first-order chi connectivity index (χ1) is 18.5. The molecule has 0 fully saturated rings. The minimum Gasteiger partial charge on any atom is -0.736 e. The van der Waals surface area contributed by atoms with E-state index in [-0.39, 0.29) is 47.4 Å². The van der Waals surface area contributed by atoms with Gasteiger partial charge in [-0.2, -0.15) is 74.6 Å². The van der Waals surface area contributed by atoms with Crippen LogP contribution in [0.1, 0.15) is 5.56 Å². The molecule has 0 N–H and O–H groups in total. The van der Waals surface area contributed by atoms with Crippen LogP contribution < -0.4 is 43.5 Å². The summed E-state index contributed by atoms with van der Waals surface area (Å²) in [5.41, 5.74) is -2.53. The maximum Gasteiger partial charge on any atom is 1.00 e. The van der Waals surface area contributed by atoms with Crippen LogP contribution in [0.15, 0.2) is 54.6 Å². The van der Waals surface area contributed by atoms with Crippen molar-refractivity contribution in [3.63, 3.8) is 0 Å². The summed E-state index contributed by atoms with van der Waals surface area (Å²) in [5, 5.41) is 0. The zero-order chi connectivity index (χ0) is 33.0. The van der Waals surface area contributed by atoms with E-state index in [1.165, 1.54) is 18.2 Å². The number of phosphoric ester groups is 1. The summed E-state index contributed by atoms with van der Waals surface area (Å²) in [7, 11) is -5.43. The normalized spacial score (nSPS) is 15.8. The van der Waals surface area contributed by atoms with Crippen LogP contribution in [0.3, 0.4) is 0 Å². The molecule has 0 aromatic heterocycles. The Kier molecular flexibility index (Phi) is 10.7. The third-order valence-electron chi connectivity index (χ3n) is 5.12. The van der Waals surface area contributed by atoms with Crippen molar-refractivity contribution in [1.29, 1.82) is 0 Å². The molecule has 0 saturated heterocycles. The van der Waals surface area contributed by atoms with Gasteiger partial charge in [-0.1, -0.05) is 18.2 Å². The van der Waals surface area contributed by atoms with Gasteiger partial charge < -0.3 is 13.9 Å². The number of hydrogen-bond acceptors (Lipinski definition) is 4. The molecular formula is C20H9F17NaO4P. The number of halogens is 17. The summed E-state index contributed by atoms with van der Waals surface area (Å²) >= 11 is 0. The van der Waals surface area contributed by atoms with Crippen LogP contribution in [0, 0.1) is 0 Å². The molecular weight excluding hydrogens is 681 g/mol. The van der Waals surface area contributed by atoms with Gasteiger partial charge >= 0.3 is 85.0 Å². The average Bonchev–Trinajstić information content (AvgIpc) is 2.83. The Morgan fingerprint density at radius 2 is 0.814 bits per heavy atom. The molecule has 0 aliphatic carbocycles. The van der Waals surface area contributed by atoms with Crippen molar-refractivity contribution in [2.75, 3.05) is 0 Å². The molecule has 238 valence electrons. The molecule has 43 heavy (non-hydrogen) atoms. The summed E-state index contributed by atoms with van der Waals surface area (Å²) in [4.78, 5) is 11.8. The minimum atomic E-state index is -8.74. The van der Waals surface area contributed by atoms with Crippen molar-refractivity contribution in [2.24, 2.45) is 0 Å². The Labute approximate surface area is 249 Å². The van der Waals surface area contributed by atoms with E-state index >= 15 is 0 Å². The molecule has 0 saturated carbocycles. The molecule has 1 atom stereocenters. The zero-order valence-corrected chi connectivity index (χ0v) is 23.1.